The molecule has 0 saturated heterocycles. The first-order valence-electron chi connectivity index (χ1n) is 6.21. The average Bonchev–Trinajstić information content (AvgIpc) is 2.37. The van der Waals surface area contributed by atoms with E-state index in [4.69, 9.17) is 5.73 Å². The quantitative estimate of drug-likeness (QED) is 0.584. The van der Waals surface area contributed by atoms with E-state index in [-0.39, 0.29) is 17.1 Å². The van der Waals surface area contributed by atoms with Gasteiger partial charge < -0.3 is 16.0 Å². The number of amides is 1. The van der Waals surface area contributed by atoms with Crippen LogP contribution in [-0.2, 0) is 0 Å². The molecule has 20 heavy (non-hydrogen) atoms. The third-order valence-corrected chi connectivity index (χ3v) is 2.98. The highest BCUT2D eigenvalue weighted by molar-refractivity contribution is 5.98. The van der Waals surface area contributed by atoms with E-state index in [0.717, 1.165) is 6.20 Å². The summed E-state index contributed by atoms with van der Waals surface area (Å²) < 4.78 is 0. The summed E-state index contributed by atoms with van der Waals surface area (Å²) in [6, 6.07) is 1.57. The van der Waals surface area contributed by atoms with Crippen LogP contribution in [0.3, 0.4) is 0 Å². The molecule has 0 aliphatic carbocycles. The molecule has 0 aliphatic heterocycles. The van der Waals surface area contributed by atoms with Crippen molar-refractivity contribution < 1.29 is 9.72 Å². The molecule has 1 aromatic heterocycles. The first kappa shape index (κ1) is 15.8. The minimum atomic E-state index is -0.651. The molecular formula is C12H19N5O3. The number of nitrogens with two attached hydrogens (primary N) is 1. The monoisotopic (exact) mass is 281 g/mol. The van der Waals surface area contributed by atoms with Crippen molar-refractivity contribution in [1.82, 2.24) is 15.2 Å². The minimum Gasteiger partial charge on any atom is -0.384 e. The lowest BCUT2D eigenvalue weighted by atomic mass is 10.2. The molecular weight excluding hydrogens is 262 g/mol. The van der Waals surface area contributed by atoms with E-state index in [9.17, 15) is 14.9 Å². The number of nitrogen functional groups attached to an aromatic ring is 1. The van der Waals surface area contributed by atoms with Crippen LogP contribution in [0, 0.1) is 10.1 Å². The average molecular weight is 281 g/mol. The summed E-state index contributed by atoms with van der Waals surface area (Å²) in [4.78, 5) is 27.8. The van der Waals surface area contributed by atoms with Gasteiger partial charge in [-0.2, -0.15) is 0 Å². The first-order valence-corrected chi connectivity index (χ1v) is 6.21. The van der Waals surface area contributed by atoms with E-state index in [2.05, 4.69) is 15.2 Å². The van der Waals surface area contributed by atoms with Crippen LogP contribution in [0.25, 0.3) is 0 Å². The predicted octanol–water partition coefficient (Wildman–Crippen LogP) is 0.642. The second kappa shape index (κ2) is 6.80. The number of carbonyl (C=O) groups is 1. The van der Waals surface area contributed by atoms with Crippen LogP contribution in [0.15, 0.2) is 12.3 Å². The van der Waals surface area contributed by atoms with Gasteiger partial charge in [0.2, 0.25) is 0 Å². The van der Waals surface area contributed by atoms with Gasteiger partial charge in [0.1, 0.15) is 17.6 Å². The first-order chi connectivity index (χ1) is 9.32. The van der Waals surface area contributed by atoms with Crippen molar-refractivity contribution >= 4 is 17.4 Å². The molecule has 110 valence electrons. The molecule has 0 bridgehead atoms. The number of rotatable bonds is 6. The minimum absolute atomic E-state index is 0.0695. The number of hydrogen-bond donors (Lipinski definition) is 2. The molecule has 1 amide bonds. The highest BCUT2D eigenvalue weighted by atomic mass is 16.6. The van der Waals surface area contributed by atoms with Crippen molar-refractivity contribution in [1.29, 1.82) is 0 Å². The standard InChI is InChI=1S/C12H19N5O3/c1-8(2)16(3)5-4-14-12(18)9-6-11(13)15-7-10(9)17(19)20/h6-8H,4-5H2,1-3H3,(H2,13,15)(H,14,18). The summed E-state index contributed by atoms with van der Waals surface area (Å²) in [7, 11) is 1.93. The number of carbonyl (C=O) groups excluding carboxylic acids is 1. The van der Waals surface area contributed by atoms with Gasteiger partial charge in [-0.15, -0.1) is 0 Å². The fraction of sp³-hybridized carbons (Fsp3) is 0.500. The Labute approximate surface area is 117 Å². The third kappa shape index (κ3) is 4.16. The summed E-state index contributed by atoms with van der Waals surface area (Å²) in [5, 5.41) is 13.5. The summed E-state index contributed by atoms with van der Waals surface area (Å²) >= 11 is 0. The molecule has 3 N–H and O–H groups in total. The molecule has 8 heteroatoms. The second-order valence-electron chi connectivity index (χ2n) is 4.71. The van der Waals surface area contributed by atoms with Crippen molar-refractivity contribution in [3.8, 4) is 0 Å². The lowest BCUT2D eigenvalue weighted by Crippen LogP contribution is -2.36. The smallest absolute Gasteiger partial charge is 0.300 e. The highest BCUT2D eigenvalue weighted by Crippen LogP contribution is 2.18. The zero-order chi connectivity index (χ0) is 15.3. The lowest BCUT2D eigenvalue weighted by molar-refractivity contribution is -0.385. The largest absolute Gasteiger partial charge is 0.384 e. The fourth-order valence-electron chi connectivity index (χ4n) is 1.49. The number of nitrogens with zero attached hydrogens (tertiary/aromatic N) is 3. The Balaban J connectivity index is 2.72. The maximum absolute atomic E-state index is 12.0. The number of likely N-dealkylation sites (N-methyl/N-ethyl adjacent to an activating group) is 1. The van der Waals surface area contributed by atoms with Crippen LogP contribution in [0.5, 0.6) is 0 Å². The Morgan fingerprint density at radius 2 is 2.25 bits per heavy atom. The van der Waals surface area contributed by atoms with Crippen molar-refractivity contribution in [3.05, 3.63) is 27.9 Å². The summed E-state index contributed by atoms with van der Waals surface area (Å²) in [5.41, 5.74) is 5.03. The Morgan fingerprint density at radius 1 is 1.60 bits per heavy atom. The molecule has 1 aromatic rings. The number of pyridine rings is 1. The van der Waals surface area contributed by atoms with Crippen molar-refractivity contribution in [2.45, 2.75) is 19.9 Å². The number of hydrogen-bond acceptors (Lipinski definition) is 6. The number of nitro groups is 1. The highest BCUT2D eigenvalue weighted by Gasteiger charge is 2.21. The summed E-state index contributed by atoms with van der Waals surface area (Å²) in [6.45, 7) is 5.12. The van der Waals surface area contributed by atoms with Crippen LogP contribution in [-0.4, -0.2) is 46.9 Å². The van der Waals surface area contributed by atoms with E-state index >= 15 is 0 Å². The normalized spacial score (nSPS) is 10.8. The van der Waals surface area contributed by atoms with Gasteiger partial charge in [0.05, 0.1) is 4.92 Å². The lowest BCUT2D eigenvalue weighted by Gasteiger charge is -2.20. The number of anilines is 1. The third-order valence-electron chi connectivity index (χ3n) is 2.98. The Hall–Kier alpha value is -2.22. The fourth-order valence-corrected chi connectivity index (χ4v) is 1.49. The zero-order valence-electron chi connectivity index (χ0n) is 11.8. The second-order valence-corrected chi connectivity index (χ2v) is 4.71. The molecule has 0 radical (unpaired) electrons. The van der Waals surface area contributed by atoms with Gasteiger partial charge in [-0.05, 0) is 27.0 Å². The zero-order valence-corrected chi connectivity index (χ0v) is 11.8. The topological polar surface area (TPSA) is 114 Å². The van der Waals surface area contributed by atoms with Crippen LogP contribution >= 0.6 is 0 Å². The van der Waals surface area contributed by atoms with E-state index in [1.807, 2.05) is 20.9 Å². The van der Waals surface area contributed by atoms with Gasteiger partial charge in [-0.1, -0.05) is 0 Å². The molecule has 0 atom stereocenters. The van der Waals surface area contributed by atoms with E-state index in [0.29, 0.717) is 19.1 Å². The Morgan fingerprint density at radius 3 is 2.80 bits per heavy atom. The van der Waals surface area contributed by atoms with Gasteiger partial charge in [-0.25, -0.2) is 4.98 Å². The SMILES string of the molecule is CC(C)N(C)CCNC(=O)c1cc(N)ncc1[N+](=O)[O-]. The Kier molecular flexibility index (Phi) is 5.39. The number of nitrogens with one attached hydrogen (secondary N) is 1. The molecule has 0 fully saturated rings. The van der Waals surface area contributed by atoms with Gasteiger partial charge in [0.15, 0.2) is 0 Å². The molecule has 0 aromatic carbocycles. The maximum Gasteiger partial charge on any atom is 0.300 e. The van der Waals surface area contributed by atoms with Gasteiger partial charge in [0, 0.05) is 19.1 Å². The maximum atomic E-state index is 12.0. The molecule has 0 saturated carbocycles. The number of aromatic nitrogens is 1. The van der Waals surface area contributed by atoms with E-state index in [1.165, 1.54) is 6.07 Å². The molecule has 1 heterocycles. The summed E-state index contributed by atoms with van der Waals surface area (Å²) in [5.74, 6) is -0.456. The van der Waals surface area contributed by atoms with Crippen molar-refractivity contribution in [3.63, 3.8) is 0 Å². The van der Waals surface area contributed by atoms with Gasteiger partial charge in [0.25, 0.3) is 11.6 Å². The summed E-state index contributed by atoms with van der Waals surface area (Å²) in [6.07, 6.45) is 0.991. The molecule has 1 rings (SSSR count). The van der Waals surface area contributed by atoms with Crippen LogP contribution in [0.1, 0.15) is 24.2 Å². The van der Waals surface area contributed by atoms with E-state index in [1.54, 1.807) is 0 Å². The Bertz CT molecular complexity index is 504. The molecule has 8 nitrogen and oxygen atoms in total. The van der Waals surface area contributed by atoms with Gasteiger partial charge >= 0.3 is 0 Å². The molecule has 0 unspecified atom stereocenters. The van der Waals surface area contributed by atoms with Crippen LogP contribution in [0.4, 0.5) is 11.5 Å². The van der Waals surface area contributed by atoms with Gasteiger partial charge in [-0.3, -0.25) is 14.9 Å². The molecule has 0 aliphatic rings. The van der Waals surface area contributed by atoms with Crippen LogP contribution in [0.2, 0.25) is 0 Å². The van der Waals surface area contributed by atoms with Crippen molar-refractivity contribution in [2.24, 2.45) is 0 Å². The van der Waals surface area contributed by atoms with Crippen LogP contribution < -0.4 is 11.1 Å². The van der Waals surface area contributed by atoms with E-state index < -0.39 is 10.8 Å². The van der Waals surface area contributed by atoms with Crippen molar-refractivity contribution in [2.75, 3.05) is 25.9 Å². The molecule has 0 spiro atoms. The predicted molar refractivity (Wildman–Crippen MR) is 75.4 cm³/mol.